The number of rotatable bonds is 5. The molecule has 1 fully saturated rings. The van der Waals surface area contributed by atoms with Crippen molar-refractivity contribution in [3.8, 4) is 0 Å². The Morgan fingerprint density at radius 3 is 3.05 bits per heavy atom. The summed E-state index contributed by atoms with van der Waals surface area (Å²) < 4.78 is 0. The number of carboxylic acid groups (broad SMARTS) is 1. The molecule has 1 atom stereocenters. The van der Waals surface area contributed by atoms with Gasteiger partial charge in [0, 0.05) is 18.8 Å². The predicted molar refractivity (Wildman–Crippen MR) is 77.8 cm³/mol. The first-order valence-electron chi connectivity index (χ1n) is 7.30. The van der Waals surface area contributed by atoms with Crippen LogP contribution in [0.2, 0.25) is 0 Å². The first-order valence-corrected chi connectivity index (χ1v) is 7.30. The summed E-state index contributed by atoms with van der Waals surface area (Å²) in [4.78, 5) is 28.9. The fourth-order valence-corrected chi connectivity index (χ4v) is 2.73. The number of carbonyl (C=O) groups is 2. The average Bonchev–Trinajstić information content (AvgIpc) is 2.92. The van der Waals surface area contributed by atoms with Crippen LogP contribution in [0.3, 0.4) is 0 Å². The number of carbonyl (C=O) groups excluding carboxylic acids is 1. The fourth-order valence-electron chi connectivity index (χ4n) is 2.73. The highest BCUT2D eigenvalue weighted by atomic mass is 16.4. The molecule has 0 aliphatic carbocycles. The minimum atomic E-state index is -0.863. The van der Waals surface area contributed by atoms with Crippen LogP contribution in [-0.2, 0) is 17.8 Å². The number of hydrogen-bond acceptors (Lipinski definition) is 3. The standard InChI is InChI=1S/C15H21N3O3/c1-2-11-5-3-7-16-13(11)10-17-15(21)18-8-4-6-12(18)9-14(19)20/h3,5,7,12H,2,4,6,8-10H2,1H3,(H,17,21)(H,19,20). The van der Waals surface area contributed by atoms with Crippen LogP contribution in [0.4, 0.5) is 4.79 Å². The van der Waals surface area contributed by atoms with Crippen LogP contribution in [0.25, 0.3) is 0 Å². The topological polar surface area (TPSA) is 82.5 Å². The molecule has 2 rings (SSSR count). The quantitative estimate of drug-likeness (QED) is 0.866. The maximum atomic E-state index is 12.2. The zero-order valence-electron chi connectivity index (χ0n) is 12.2. The highest BCUT2D eigenvalue weighted by molar-refractivity contribution is 5.76. The molecule has 0 bridgehead atoms. The van der Waals surface area contributed by atoms with Crippen LogP contribution in [0.1, 0.15) is 37.4 Å². The van der Waals surface area contributed by atoms with E-state index in [-0.39, 0.29) is 18.5 Å². The van der Waals surface area contributed by atoms with E-state index in [0.29, 0.717) is 13.1 Å². The van der Waals surface area contributed by atoms with Gasteiger partial charge in [0.05, 0.1) is 18.7 Å². The molecule has 1 aliphatic heterocycles. The summed E-state index contributed by atoms with van der Waals surface area (Å²) in [6.45, 7) is 3.04. The molecule has 1 aliphatic rings. The molecule has 6 nitrogen and oxygen atoms in total. The van der Waals surface area contributed by atoms with Crippen molar-refractivity contribution in [3.05, 3.63) is 29.6 Å². The van der Waals surface area contributed by atoms with Gasteiger partial charge in [-0.1, -0.05) is 13.0 Å². The Hall–Kier alpha value is -2.11. The van der Waals surface area contributed by atoms with Crippen LogP contribution in [0.15, 0.2) is 18.3 Å². The van der Waals surface area contributed by atoms with Gasteiger partial charge in [0.1, 0.15) is 0 Å². The van der Waals surface area contributed by atoms with Gasteiger partial charge in [-0.2, -0.15) is 0 Å². The molecular formula is C15H21N3O3. The SMILES string of the molecule is CCc1cccnc1CNC(=O)N1CCCC1CC(=O)O. The van der Waals surface area contributed by atoms with Crippen molar-refractivity contribution < 1.29 is 14.7 Å². The highest BCUT2D eigenvalue weighted by Gasteiger charge is 2.30. The van der Waals surface area contributed by atoms with Crippen LogP contribution in [0, 0.1) is 0 Å². The van der Waals surface area contributed by atoms with Crippen molar-refractivity contribution in [1.82, 2.24) is 15.2 Å². The number of nitrogens with zero attached hydrogens (tertiary/aromatic N) is 2. The molecule has 114 valence electrons. The lowest BCUT2D eigenvalue weighted by Gasteiger charge is -2.23. The summed E-state index contributed by atoms with van der Waals surface area (Å²) in [5.41, 5.74) is 1.98. The van der Waals surface area contributed by atoms with Crippen molar-refractivity contribution in [3.63, 3.8) is 0 Å². The van der Waals surface area contributed by atoms with E-state index < -0.39 is 5.97 Å². The number of amides is 2. The maximum Gasteiger partial charge on any atom is 0.317 e. The fraction of sp³-hybridized carbons (Fsp3) is 0.533. The number of nitrogens with one attached hydrogen (secondary N) is 1. The number of carboxylic acids is 1. The van der Waals surface area contributed by atoms with Gasteiger partial charge in [0.15, 0.2) is 0 Å². The maximum absolute atomic E-state index is 12.2. The van der Waals surface area contributed by atoms with Gasteiger partial charge in [0.2, 0.25) is 0 Å². The van der Waals surface area contributed by atoms with Crippen molar-refractivity contribution in [2.24, 2.45) is 0 Å². The Labute approximate surface area is 124 Å². The molecule has 1 unspecified atom stereocenters. The molecule has 0 radical (unpaired) electrons. The third-order valence-electron chi connectivity index (χ3n) is 3.82. The predicted octanol–water partition coefficient (Wildman–Crippen LogP) is 1.79. The molecule has 2 N–H and O–H groups in total. The van der Waals surface area contributed by atoms with E-state index in [4.69, 9.17) is 5.11 Å². The summed E-state index contributed by atoms with van der Waals surface area (Å²) in [6, 6.07) is 3.48. The molecule has 0 aromatic carbocycles. The van der Waals surface area contributed by atoms with Gasteiger partial charge in [0.25, 0.3) is 0 Å². The van der Waals surface area contributed by atoms with Gasteiger partial charge < -0.3 is 15.3 Å². The molecule has 1 aromatic rings. The average molecular weight is 291 g/mol. The zero-order chi connectivity index (χ0) is 15.2. The Kier molecular flexibility index (Phi) is 5.14. The van der Waals surface area contributed by atoms with Gasteiger partial charge >= 0.3 is 12.0 Å². The second-order valence-corrected chi connectivity index (χ2v) is 5.21. The minimum absolute atomic E-state index is 0.0111. The molecule has 0 saturated carbocycles. The van der Waals surface area contributed by atoms with E-state index in [9.17, 15) is 9.59 Å². The smallest absolute Gasteiger partial charge is 0.317 e. The van der Waals surface area contributed by atoms with E-state index in [1.807, 2.05) is 19.1 Å². The lowest BCUT2D eigenvalue weighted by Crippen LogP contribution is -2.43. The van der Waals surface area contributed by atoms with E-state index in [0.717, 1.165) is 30.5 Å². The molecule has 6 heteroatoms. The second-order valence-electron chi connectivity index (χ2n) is 5.21. The Morgan fingerprint density at radius 1 is 1.52 bits per heavy atom. The molecule has 21 heavy (non-hydrogen) atoms. The molecule has 2 amide bonds. The summed E-state index contributed by atoms with van der Waals surface area (Å²) in [5, 5.41) is 11.7. The molecule has 1 saturated heterocycles. The third kappa shape index (κ3) is 3.93. The van der Waals surface area contributed by atoms with Crippen LogP contribution >= 0.6 is 0 Å². The Bertz CT molecular complexity index is 519. The van der Waals surface area contributed by atoms with Crippen LogP contribution < -0.4 is 5.32 Å². The van der Waals surface area contributed by atoms with Crippen molar-refractivity contribution in [2.75, 3.05) is 6.54 Å². The number of aliphatic carboxylic acids is 1. The van der Waals surface area contributed by atoms with Crippen molar-refractivity contribution in [2.45, 2.75) is 45.2 Å². The Morgan fingerprint density at radius 2 is 2.33 bits per heavy atom. The van der Waals surface area contributed by atoms with Crippen molar-refractivity contribution >= 4 is 12.0 Å². The number of aromatic nitrogens is 1. The number of urea groups is 1. The highest BCUT2D eigenvalue weighted by Crippen LogP contribution is 2.20. The summed E-state index contributed by atoms with van der Waals surface area (Å²) in [6.07, 6.45) is 4.20. The van der Waals surface area contributed by atoms with Gasteiger partial charge in [-0.25, -0.2) is 4.79 Å². The van der Waals surface area contributed by atoms with E-state index in [2.05, 4.69) is 10.3 Å². The van der Waals surface area contributed by atoms with Crippen LogP contribution in [-0.4, -0.2) is 39.6 Å². The summed E-state index contributed by atoms with van der Waals surface area (Å²) >= 11 is 0. The molecule has 0 spiro atoms. The van der Waals surface area contributed by atoms with Crippen LogP contribution in [0.5, 0.6) is 0 Å². The zero-order valence-corrected chi connectivity index (χ0v) is 12.2. The van der Waals surface area contributed by atoms with E-state index in [1.165, 1.54) is 0 Å². The molecule has 1 aromatic heterocycles. The number of pyridine rings is 1. The van der Waals surface area contributed by atoms with Gasteiger partial charge in [-0.3, -0.25) is 9.78 Å². The van der Waals surface area contributed by atoms with E-state index in [1.54, 1.807) is 11.1 Å². The number of aryl methyl sites for hydroxylation is 1. The lowest BCUT2D eigenvalue weighted by molar-refractivity contribution is -0.137. The monoisotopic (exact) mass is 291 g/mol. The number of likely N-dealkylation sites (tertiary alicyclic amines) is 1. The Balaban J connectivity index is 1.93. The van der Waals surface area contributed by atoms with E-state index >= 15 is 0 Å². The van der Waals surface area contributed by atoms with Gasteiger partial charge in [-0.05, 0) is 30.9 Å². The largest absolute Gasteiger partial charge is 0.481 e. The first-order chi connectivity index (χ1) is 10.1. The first kappa shape index (κ1) is 15.3. The normalized spacial score (nSPS) is 17.8. The number of hydrogen-bond donors (Lipinski definition) is 2. The van der Waals surface area contributed by atoms with Gasteiger partial charge in [-0.15, -0.1) is 0 Å². The summed E-state index contributed by atoms with van der Waals surface area (Å²) in [7, 11) is 0. The minimum Gasteiger partial charge on any atom is -0.481 e. The summed E-state index contributed by atoms with van der Waals surface area (Å²) in [5.74, 6) is -0.863. The van der Waals surface area contributed by atoms with Crippen molar-refractivity contribution in [1.29, 1.82) is 0 Å². The molecule has 2 heterocycles. The lowest BCUT2D eigenvalue weighted by atomic mass is 10.1. The second kappa shape index (κ2) is 7.06. The third-order valence-corrected chi connectivity index (χ3v) is 3.82. The molecular weight excluding hydrogens is 270 g/mol.